The molecule has 0 spiro atoms. The first-order valence-corrected chi connectivity index (χ1v) is 4.64. The molecule has 0 aliphatic heterocycles. The molecule has 1 heterocycles. The zero-order chi connectivity index (χ0) is 8.55. The van der Waals surface area contributed by atoms with Crippen LogP contribution in [-0.2, 0) is 6.42 Å². The molecule has 62 valence electrons. The summed E-state index contributed by atoms with van der Waals surface area (Å²) in [5.74, 6) is 0. The number of rotatable bonds is 1. The molecule has 1 aromatic carbocycles. The minimum absolute atomic E-state index is 0.224. The smallest absolute Gasteiger partial charge is 0.396 e. The molecular formula is C9H8O2S. The zero-order valence-electron chi connectivity index (χ0n) is 6.66. The maximum Gasteiger partial charge on any atom is 0.396 e. The van der Waals surface area contributed by atoms with Gasteiger partial charge in [-0.15, -0.1) is 0 Å². The highest BCUT2D eigenvalue weighted by Crippen LogP contribution is 2.18. The number of fused-ring (bicyclic) bond motifs is 1. The first kappa shape index (κ1) is 7.55. The van der Waals surface area contributed by atoms with Crippen molar-refractivity contribution < 1.29 is 4.42 Å². The van der Waals surface area contributed by atoms with Crippen molar-refractivity contribution in [1.82, 2.24) is 0 Å². The van der Waals surface area contributed by atoms with Gasteiger partial charge in [0.1, 0.15) is 5.58 Å². The Kier molecular flexibility index (Phi) is 1.73. The van der Waals surface area contributed by atoms with Gasteiger partial charge in [0.15, 0.2) is 0 Å². The summed E-state index contributed by atoms with van der Waals surface area (Å²) < 4.78 is 5.87. The molecule has 2 nitrogen and oxygen atoms in total. The van der Waals surface area contributed by atoms with Crippen molar-refractivity contribution in [2.45, 2.75) is 13.3 Å². The lowest BCUT2D eigenvalue weighted by Gasteiger charge is -1.92. The second-order valence-electron chi connectivity index (χ2n) is 2.59. The summed E-state index contributed by atoms with van der Waals surface area (Å²) >= 11 is 1.16. The van der Waals surface area contributed by atoms with Crippen molar-refractivity contribution >= 4 is 21.6 Å². The molecule has 0 aliphatic rings. The Bertz CT molecular complexity index is 453. The molecule has 2 aromatic rings. The van der Waals surface area contributed by atoms with Crippen LogP contribution in [0.3, 0.4) is 0 Å². The van der Waals surface area contributed by atoms with E-state index in [4.69, 9.17) is 4.42 Å². The zero-order valence-corrected chi connectivity index (χ0v) is 7.48. The summed E-state index contributed by atoms with van der Waals surface area (Å²) in [5.41, 5.74) is 1.93. The largest absolute Gasteiger partial charge is 0.414 e. The maximum atomic E-state index is 10.8. The summed E-state index contributed by atoms with van der Waals surface area (Å²) in [4.78, 5) is 10.6. The second kappa shape index (κ2) is 2.75. The van der Waals surface area contributed by atoms with Crippen LogP contribution in [0.2, 0.25) is 0 Å². The summed E-state index contributed by atoms with van der Waals surface area (Å²) in [7, 11) is 0. The molecule has 0 radical (unpaired) electrons. The standard InChI is InChI=1S/C9H8O2S/c1-2-6-3-4-7-8(5-6)12-9(10)11-7/h3-5H,2H2,1H3. The molecule has 1 aromatic heterocycles. The number of hydrogen-bond donors (Lipinski definition) is 0. The van der Waals surface area contributed by atoms with Crippen LogP contribution in [0.25, 0.3) is 10.3 Å². The van der Waals surface area contributed by atoms with Gasteiger partial charge in [0.05, 0.1) is 4.70 Å². The maximum absolute atomic E-state index is 10.8. The van der Waals surface area contributed by atoms with Crippen LogP contribution in [0.15, 0.2) is 27.4 Å². The van der Waals surface area contributed by atoms with Gasteiger partial charge in [0, 0.05) is 0 Å². The number of hydrogen-bond acceptors (Lipinski definition) is 3. The van der Waals surface area contributed by atoms with Crippen LogP contribution in [0, 0.1) is 0 Å². The van der Waals surface area contributed by atoms with E-state index in [9.17, 15) is 4.79 Å². The minimum atomic E-state index is -0.224. The van der Waals surface area contributed by atoms with Crippen molar-refractivity contribution in [2.24, 2.45) is 0 Å². The van der Waals surface area contributed by atoms with Crippen LogP contribution in [0.4, 0.5) is 0 Å². The lowest BCUT2D eigenvalue weighted by atomic mass is 10.2. The molecule has 0 amide bonds. The van der Waals surface area contributed by atoms with Crippen molar-refractivity contribution in [2.75, 3.05) is 0 Å². The fourth-order valence-corrected chi connectivity index (χ4v) is 1.87. The molecule has 0 N–H and O–H groups in total. The topological polar surface area (TPSA) is 30.2 Å². The van der Waals surface area contributed by atoms with E-state index in [2.05, 4.69) is 6.92 Å². The Morgan fingerprint density at radius 3 is 3.08 bits per heavy atom. The Labute approximate surface area is 73.4 Å². The highest BCUT2D eigenvalue weighted by atomic mass is 32.1. The molecule has 0 saturated carbocycles. The van der Waals surface area contributed by atoms with Crippen LogP contribution in [0.1, 0.15) is 12.5 Å². The van der Waals surface area contributed by atoms with E-state index in [1.807, 2.05) is 18.2 Å². The minimum Gasteiger partial charge on any atom is -0.414 e. The summed E-state index contributed by atoms with van der Waals surface area (Å²) in [6, 6.07) is 5.84. The van der Waals surface area contributed by atoms with Crippen LogP contribution in [-0.4, -0.2) is 0 Å². The average molecular weight is 180 g/mol. The predicted molar refractivity (Wildman–Crippen MR) is 49.7 cm³/mol. The molecule has 0 atom stereocenters. The Morgan fingerprint density at radius 2 is 2.33 bits per heavy atom. The normalized spacial score (nSPS) is 10.8. The molecule has 0 fully saturated rings. The van der Waals surface area contributed by atoms with E-state index >= 15 is 0 Å². The Morgan fingerprint density at radius 1 is 1.50 bits per heavy atom. The Hall–Kier alpha value is -1.09. The van der Waals surface area contributed by atoms with Crippen molar-refractivity contribution in [3.05, 3.63) is 33.5 Å². The molecule has 2 rings (SSSR count). The first-order chi connectivity index (χ1) is 5.79. The third kappa shape index (κ3) is 1.16. The number of aryl methyl sites for hydroxylation is 1. The lowest BCUT2D eigenvalue weighted by molar-refractivity contribution is 0.585. The van der Waals surface area contributed by atoms with E-state index < -0.39 is 0 Å². The fraction of sp³-hybridized carbons (Fsp3) is 0.222. The monoisotopic (exact) mass is 180 g/mol. The van der Waals surface area contributed by atoms with E-state index in [0.717, 1.165) is 22.5 Å². The molecule has 0 saturated heterocycles. The van der Waals surface area contributed by atoms with Crippen molar-refractivity contribution in [1.29, 1.82) is 0 Å². The third-order valence-corrected chi connectivity index (χ3v) is 2.59. The SMILES string of the molecule is CCc1ccc2oc(=O)sc2c1. The Balaban J connectivity index is 2.74. The van der Waals surface area contributed by atoms with Gasteiger partial charge in [-0.05, 0) is 24.1 Å². The van der Waals surface area contributed by atoms with E-state index in [1.54, 1.807) is 0 Å². The highest BCUT2D eigenvalue weighted by molar-refractivity contribution is 7.16. The first-order valence-electron chi connectivity index (χ1n) is 3.82. The summed E-state index contributed by atoms with van der Waals surface area (Å²) in [6.07, 6.45) is 0.988. The highest BCUT2D eigenvalue weighted by Gasteiger charge is 2.00. The van der Waals surface area contributed by atoms with Crippen molar-refractivity contribution in [3.63, 3.8) is 0 Å². The van der Waals surface area contributed by atoms with Gasteiger partial charge in [0.25, 0.3) is 0 Å². The van der Waals surface area contributed by atoms with Gasteiger partial charge >= 0.3 is 4.94 Å². The molecule has 3 heteroatoms. The molecule has 0 bridgehead atoms. The summed E-state index contributed by atoms with van der Waals surface area (Å²) in [5, 5.41) is 0. The van der Waals surface area contributed by atoms with Crippen molar-refractivity contribution in [3.8, 4) is 0 Å². The van der Waals surface area contributed by atoms with Gasteiger partial charge in [-0.3, -0.25) is 0 Å². The van der Waals surface area contributed by atoms with Crippen LogP contribution < -0.4 is 4.94 Å². The van der Waals surface area contributed by atoms with E-state index in [1.165, 1.54) is 5.56 Å². The summed E-state index contributed by atoms with van der Waals surface area (Å²) in [6.45, 7) is 2.09. The lowest BCUT2D eigenvalue weighted by Crippen LogP contribution is -1.79. The fourth-order valence-electron chi connectivity index (χ4n) is 1.14. The van der Waals surface area contributed by atoms with Gasteiger partial charge < -0.3 is 4.42 Å². The predicted octanol–water partition coefficient (Wildman–Crippen LogP) is 2.42. The van der Waals surface area contributed by atoms with Gasteiger partial charge in [-0.25, -0.2) is 4.79 Å². The second-order valence-corrected chi connectivity index (χ2v) is 3.57. The van der Waals surface area contributed by atoms with Crippen LogP contribution >= 0.6 is 11.3 Å². The molecule has 12 heavy (non-hydrogen) atoms. The molecule has 0 aliphatic carbocycles. The quantitative estimate of drug-likeness (QED) is 0.674. The number of benzene rings is 1. The van der Waals surface area contributed by atoms with E-state index in [0.29, 0.717) is 5.58 Å². The molecular weight excluding hydrogens is 172 g/mol. The van der Waals surface area contributed by atoms with Gasteiger partial charge in [-0.2, -0.15) is 0 Å². The third-order valence-electron chi connectivity index (χ3n) is 1.80. The van der Waals surface area contributed by atoms with Gasteiger partial charge in [-0.1, -0.05) is 24.3 Å². The average Bonchev–Trinajstić information content (AvgIpc) is 2.43. The van der Waals surface area contributed by atoms with Gasteiger partial charge in [0.2, 0.25) is 0 Å². The van der Waals surface area contributed by atoms with E-state index in [-0.39, 0.29) is 4.94 Å². The molecule has 0 unspecified atom stereocenters. The van der Waals surface area contributed by atoms with Crippen LogP contribution in [0.5, 0.6) is 0 Å².